The first-order valence-electron chi connectivity index (χ1n) is 5.00. The third-order valence-electron chi connectivity index (χ3n) is 2.59. The molecule has 3 atom stereocenters. The molecule has 0 heterocycles. The van der Waals surface area contributed by atoms with Crippen LogP contribution >= 0.6 is 0 Å². The smallest absolute Gasteiger partial charge is 0.323 e. The fourth-order valence-corrected chi connectivity index (χ4v) is 1.19. The van der Waals surface area contributed by atoms with Gasteiger partial charge in [0, 0.05) is 13.2 Å². The van der Waals surface area contributed by atoms with E-state index in [1.807, 2.05) is 6.92 Å². The zero-order valence-corrected chi connectivity index (χ0v) is 9.41. The van der Waals surface area contributed by atoms with Crippen LogP contribution in [0.1, 0.15) is 27.2 Å². The summed E-state index contributed by atoms with van der Waals surface area (Å²) < 4.78 is 4.84. The Hall–Kier alpha value is -0.610. The van der Waals surface area contributed by atoms with Crippen LogP contribution in [-0.2, 0) is 9.53 Å². The van der Waals surface area contributed by atoms with E-state index in [-0.39, 0.29) is 12.6 Å². The Labute approximate surface area is 85.6 Å². The number of hydrogen-bond donors (Lipinski definition) is 2. The maximum absolute atomic E-state index is 10.8. The van der Waals surface area contributed by atoms with E-state index < -0.39 is 12.0 Å². The molecule has 0 spiro atoms. The van der Waals surface area contributed by atoms with Gasteiger partial charge >= 0.3 is 5.97 Å². The predicted octanol–water partition coefficient (Wildman–Crippen LogP) is 1.11. The van der Waals surface area contributed by atoms with Gasteiger partial charge in [-0.1, -0.05) is 20.3 Å². The highest BCUT2D eigenvalue weighted by atomic mass is 16.5. The Morgan fingerprint density at radius 2 is 2.07 bits per heavy atom. The molecule has 4 nitrogen and oxygen atoms in total. The highest BCUT2D eigenvalue weighted by molar-refractivity contribution is 5.73. The van der Waals surface area contributed by atoms with Gasteiger partial charge in [-0.2, -0.15) is 0 Å². The van der Waals surface area contributed by atoms with Gasteiger partial charge in [0.15, 0.2) is 0 Å². The number of rotatable bonds is 7. The number of carboxylic acid groups (broad SMARTS) is 1. The Kier molecular flexibility index (Phi) is 6.49. The van der Waals surface area contributed by atoms with Crippen molar-refractivity contribution >= 4 is 5.97 Å². The van der Waals surface area contributed by atoms with Crippen molar-refractivity contribution in [3.63, 3.8) is 0 Å². The number of ether oxygens (including phenoxy) is 1. The Morgan fingerprint density at radius 1 is 1.50 bits per heavy atom. The van der Waals surface area contributed by atoms with Crippen LogP contribution in [-0.4, -0.2) is 36.9 Å². The molecule has 0 radical (unpaired) electrons. The van der Waals surface area contributed by atoms with Gasteiger partial charge in [-0.3, -0.25) is 10.1 Å². The average Bonchev–Trinajstić information content (AvgIpc) is 2.15. The summed E-state index contributed by atoms with van der Waals surface area (Å²) in [7, 11) is 1.51. The fraction of sp³-hybridized carbons (Fsp3) is 0.900. The van der Waals surface area contributed by atoms with Gasteiger partial charge in [0.1, 0.15) is 6.04 Å². The minimum Gasteiger partial charge on any atom is -0.480 e. The lowest BCUT2D eigenvalue weighted by Crippen LogP contribution is -2.47. The van der Waals surface area contributed by atoms with E-state index in [2.05, 4.69) is 19.2 Å². The average molecular weight is 203 g/mol. The van der Waals surface area contributed by atoms with Crippen LogP contribution in [0.3, 0.4) is 0 Å². The molecule has 2 N–H and O–H groups in total. The van der Waals surface area contributed by atoms with Gasteiger partial charge in [0.05, 0.1) is 6.61 Å². The lowest BCUT2D eigenvalue weighted by molar-refractivity contribution is -0.141. The molecule has 0 bridgehead atoms. The maximum atomic E-state index is 10.8. The Bertz CT molecular complexity index is 173. The van der Waals surface area contributed by atoms with E-state index in [1.165, 1.54) is 7.11 Å². The zero-order chi connectivity index (χ0) is 11.1. The molecule has 84 valence electrons. The molecule has 0 aromatic carbocycles. The van der Waals surface area contributed by atoms with Crippen molar-refractivity contribution in [3.8, 4) is 0 Å². The Balaban J connectivity index is 4.08. The first-order valence-corrected chi connectivity index (χ1v) is 5.00. The highest BCUT2D eigenvalue weighted by Crippen LogP contribution is 2.07. The standard InChI is InChI=1S/C10H21NO3/c1-5-7(2)8(3)11-9(6-14-4)10(12)13/h7-9,11H,5-6H2,1-4H3,(H,12,13). The van der Waals surface area contributed by atoms with E-state index in [0.29, 0.717) is 5.92 Å². The van der Waals surface area contributed by atoms with Crippen molar-refractivity contribution < 1.29 is 14.6 Å². The summed E-state index contributed by atoms with van der Waals surface area (Å²) in [5.41, 5.74) is 0. The van der Waals surface area contributed by atoms with Crippen LogP contribution in [0.15, 0.2) is 0 Å². The molecule has 3 unspecified atom stereocenters. The van der Waals surface area contributed by atoms with Crippen LogP contribution in [0.5, 0.6) is 0 Å². The van der Waals surface area contributed by atoms with Crippen LogP contribution in [0.4, 0.5) is 0 Å². The quantitative estimate of drug-likeness (QED) is 0.650. The molecule has 0 aromatic rings. The van der Waals surface area contributed by atoms with Crippen molar-refractivity contribution in [3.05, 3.63) is 0 Å². The second-order valence-corrected chi connectivity index (χ2v) is 3.69. The van der Waals surface area contributed by atoms with Crippen LogP contribution in [0, 0.1) is 5.92 Å². The first-order chi connectivity index (χ1) is 6.52. The SMILES string of the molecule is CCC(C)C(C)NC(COC)C(=O)O. The molecular formula is C10H21NO3. The topological polar surface area (TPSA) is 58.6 Å². The van der Waals surface area contributed by atoms with Crippen LogP contribution < -0.4 is 5.32 Å². The molecule has 14 heavy (non-hydrogen) atoms. The molecular weight excluding hydrogens is 182 g/mol. The molecule has 0 rings (SSSR count). The second-order valence-electron chi connectivity index (χ2n) is 3.69. The van der Waals surface area contributed by atoms with E-state index in [4.69, 9.17) is 9.84 Å². The van der Waals surface area contributed by atoms with Gasteiger partial charge in [-0.05, 0) is 12.8 Å². The van der Waals surface area contributed by atoms with Crippen LogP contribution in [0.2, 0.25) is 0 Å². The van der Waals surface area contributed by atoms with Crippen LogP contribution in [0.25, 0.3) is 0 Å². The van der Waals surface area contributed by atoms with Gasteiger partial charge in [-0.15, -0.1) is 0 Å². The fourth-order valence-electron chi connectivity index (χ4n) is 1.19. The van der Waals surface area contributed by atoms with Gasteiger partial charge in [0.2, 0.25) is 0 Å². The zero-order valence-electron chi connectivity index (χ0n) is 9.41. The number of carbonyl (C=O) groups is 1. The van der Waals surface area contributed by atoms with Crippen molar-refractivity contribution in [1.82, 2.24) is 5.32 Å². The minimum absolute atomic E-state index is 0.191. The molecule has 0 aliphatic rings. The summed E-state index contributed by atoms with van der Waals surface area (Å²) >= 11 is 0. The van der Waals surface area contributed by atoms with Gasteiger partial charge in [-0.25, -0.2) is 0 Å². The van der Waals surface area contributed by atoms with Gasteiger partial charge < -0.3 is 9.84 Å². The number of hydrogen-bond acceptors (Lipinski definition) is 3. The normalized spacial score (nSPS) is 17.4. The van der Waals surface area contributed by atoms with E-state index in [9.17, 15) is 4.79 Å². The van der Waals surface area contributed by atoms with E-state index in [1.54, 1.807) is 0 Å². The molecule has 0 saturated heterocycles. The molecule has 0 aliphatic carbocycles. The Morgan fingerprint density at radius 3 is 2.43 bits per heavy atom. The summed E-state index contributed by atoms with van der Waals surface area (Å²) in [6, 6.07) is -0.416. The van der Waals surface area contributed by atoms with Crippen molar-refractivity contribution in [1.29, 1.82) is 0 Å². The summed E-state index contributed by atoms with van der Waals surface area (Å²) in [4.78, 5) is 10.8. The number of methoxy groups -OCH3 is 1. The maximum Gasteiger partial charge on any atom is 0.323 e. The third kappa shape index (κ3) is 4.58. The summed E-state index contributed by atoms with van der Waals surface area (Å²) in [5.74, 6) is -0.393. The predicted molar refractivity (Wildman–Crippen MR) is 55.4 cm³/mol. The van der Waals surface area contributed by atoms with Crippen molar-refractivity contribution in [2.45, 2.75) is 39.3 Å². The third-order valence-corrected chi connectivity index (χ3v) is 2.59. The van der Waals surface area contributed by atoms with Crippen molar-refractivity contribution in [2.24, 2.45) is 5.92 Å². The summed E-state index contributed by atoms with van der Waals surface area (Å²) in [6.07, 6.45) is 1.04. The minimum atomic E-state index is -0.859. The largest absolute Gasteiger partial charge is 0.480 e. The van der Waals surface area contributed by atoms with Gasteiger partial charge in [0.25, 0.3) is 0 Å². The molecule has 4 heteroatoms. The molecule has 0 saturated carbocycles. The number of nitrogens with one attached hydrogen (secondary N) is 1. The lowest BCUT2D eigenvalue weighted by atomic mass is 10.0. The summed E-state index contributed by atoms with van der Waals surface area (Å²) in [6.45, 7) is 6.40. The van der Waals surface area contributed by atoms with Crippen molar-refractivity contribution in [2.75, 3.05) is 13.7 Å². The number of carboxylic acids is 1. The molecule has 0 fully saturated rings. The van der Waals surface area contributed by atoms with E-state index in [0.717, 1.165) is 6.42 Å². The monoisotopic (exact) mass is 203 g/mol. The molecule has 0 amide bonds. The second kappa shape index (κ2) is 6.79. The number of aliphatic carboxylic acids is 1. The molecule has 0 aromatic heterocycles. The summed E-state index contributed by atoms with van der Waals surface area (Å²) in [5, 5.41) is 11.9. The highest BCUT2D eigenvalue weighted by Gasteiger charge is 2.21. The lowest BCUT2D eigenvalue weighted by Gasteiger charge is -2.23. The molecule has 0 aliphatic heterocycles. The van der Waals surface area contributed by atoms with E-state index >= 15 is 0 Å². The first kappa shape index (κ1) is 13.4.